The molecule has 1 fully saturated rings. The third-order valence-corrected chi connectivity index (χ3v) is 5.32. The van der Waals surface area contributed by atoms with Gasteiger partial charge in [-0.05, 0) is 27.2 Å². The van der Waals surface area contributed by atoms with Gasteiger partial charge in [-0.3, -0.25) is 4.79 Å². The lowest BCUT2D eigenvalue weighted by atomic mass is 10.2. The van der Waals surface area contributed by atoms with Crippen LogP contribution in [0.25, 0.3) is 0 Å². The molecule has 2 heterocycles. The minimum absolute atomic E-state index is 0.0242. The molecule has 1 atom stereocenters. The molecule has 1 saturated heterocycles. The van der Waals surface area contributed by atoms with Crippen LogP contribution in [0.15, 0.2) is 6.07 Å². The van der Waals surface area contributed by atoms with Gasteiger partial charge in [0.15, 0.2) is 9.84 Å². The highest BCUT2D eigenvalue weighted by molar-refractivity contribution is 7.91. The smallest absolute Gasteiger partial charge is 0.272 e. The Morgan fingerprint density at radius 3 is 2.64 bits per heavy atom. The maximum atomic E-state index is 12.5. The molecule has 2 rings (SSSR count). The van der Waals surface area contributed by atoms with Crippen molar-refractivity contribution in [3.05, 3.63) is 17.6 Å². The zero-order valence-electron chi connectivity index (χ0n) is 13.3. The SMILES string of the molecule is Cc1nc(NC(C)C)cc(C(=O)N(C)C2CCS(=O)(=O)C2)n1. The van der Waals surface area contributed by atoms with E-state index in [0.29, 0.717) is 18.1 Å². The zero-order valence-corrected chi connectivity index (χ0v) is 14.1. The molecule has 122 valence electrons. The van der Waals surface area contributed by atoms with Gasteiger partial charge in [0.2, 0.25) is 0 Å². The van der Waals surface area contributed by atoms with E-state index in [1.807, 2.05) is 13.8 Å². The molecule has 22 heavy (non-hydrogen) atoms. The fraction of sp³-hybridized carbons (Fsp3) is 0.643. The van der Waals surface area contributed by atoms with Gasteiger partial charge in [0.05, 0.1) is 11.5 Å². The zero-order chi connectivity index (χ0) is 16.5. The first kappa shape index (κ1) is 16.7. The van der Waals surface area contributed by atoms with E-state index in [0.717, 1.165) is 0 Å². The van der Waals surface area contributed by atoms with Gasteiger partial charge in [0.25, 0.3) is 5.91 Å². The van der Waals surface area contributed by atoms with E-state index in [1.54, 1.807) is 20.0 Å². The maximum absolute atomic E-state index is 12.5. The average molecular weight is 326 g/mol. The highest BCUT2D eigenvalue weighted by Crippen LogP contribution is 2.19. The van der Waals surface area contributed by atoms with Crippen molar-refractivity contribution in [2.24, 2.45) is 0 Å². The fourth-order valence-corrected chi connectivity index (χ4v) is 4.25. The Morgan fingerprint density at radius 1 is 1.41 bits per heavy atom. The lowest BCUT2D eigenvalue weighted by molar-refractivity contribution is 0.0741. The molecule has 1 N–H and O–H groups in total. The van der Waals surface area contributed by atoms with Crippen LogP contribution in [0.2, 0.25) is 0 Å². The average Bonchev–Trinajstić information content (AvgIpc) is 2.76. The van der Waals surface area contributed by atoms with E-state index < -0.39 is 9.84 Å². The maximum Gasteiger partial charge on any atom is 0.272 e. The van der Waals surface area contributed by atoms with Crippen molar-refractivity contribution >= 4 is 21.6 Å². The molecule has 8 heteroatoms. The summed E-state index contributed by atoms with van der Waals surface area (Å²) in [6.45, 7) is 5.69. The molecule has 0 bridgehead atoms. The molecular formula is C14H22N4O3S. The van der Waals surface area contributed by atoms with E-state index in [1.165, 1.54) is 4.90 Å². The Labute approximate surface area is 131 Å². The summed E-state index contributed by atoms with van der Waals surface area (Å²) in [5, 5.41) is 3.14. The minimum Gasteiger partial charge on any atom is -0.368 e. The van der Waals surface area contributed by atoms with E-state index in [-0.39, 0.29) is 35.2 Å². The predicted octanol–water partition coefficient (Wildman–Crippen LogP) is 0.864. The van der Waals surface area contributed by atoms with Gasteiger partial charge in [-0.15, -0.1) is 0 Å². The standard InChI is InChI=1S/C14H22N4O3S/c1-9(2)15-13-7-12(16-10(3)17-13)14(19)18(4)11-5-6-22(20,21)8-11/h7,9,11H,5-6,8H2,1-4H3,(H,15,16,17). The topological polar surface area (TPSA) is 92.3 Å². The number of carbonyl (C=O) groups is 1. The Kier molecular flexibility index (Phi) is 4.69. The molecule has 1 aromatic rings. The van der Waals surface area contributed by atoms with Gasteiger partial charge in [0.1, 0.15) is 17.3 Å². The van der Waals surface area contributed by atoms with E-state index in [4.69, 9.17) is 0 Å². The van der Waals surface area contributed by atoms with Crippen LogP contribution in [-0.2, 0) is 9.84 Å². The molecule has 1 aliphatic heterocycles. The normalized spacial score (nSPS) is 20.1. The molecule has 0 spiro atoms. The highest BCUT2D eigenvalue weighted by Gasteiger charge is 2.33. The Hall–Kier alpha value is -1.70. The predicted molar refractivity (Wildman–Crippen MR) is 84.7 cm³/mol. The molecular weight excluding hydrogens is 304 g/mol. The molecule has 7 nitrogen and oxygen atoms in total. The number of hydrogen-bond donors (Lipinski definition) is 1. The number of nitrogens with one attached hydrogen (secondary N) is 1. The first-order valence-corrected chi connectivity index (χ1v) is 9.10. The summed E-state index contributed by atoms with van der Waals surface area (Å²) in [6, 6.07) is 1.51. The number of rotatable bonds is 4. The number of aryl methyl sites for hydroxylation is 1. The second-order valence-corrected chi connectivity index (χ2v) is 8.19. The summed E-state index contributed by atoms with van der Waals surface area (Å²) in [6.07, 6.45) is 0.478. The first-order valence-electron chi connectivity index (χ1n) is 7.28. The Morgan fingerprint density at radius 2 is 2.09 bits per heavy atom. The van der Waals surface area contributed by atoms with E-state index in [2.05, 4.69) is 15.3 Å². The van der Waals surface area contributed by atoms with E-state index >= 15 is 0 Å². The van der Waals surface area contributed by atoms with Crippen molar-refractivity contribution in [2.75, 3.05) is 23.9 Å². The van der Waals surface area contributed by atoms with Crippen LogP contribution >= 0.6 is 0 Å². The number of carbonyl (C=O) groups excluding carboxylic acids is 1. The van der Waals surface area contributed by atoms with Gasteiger partial charge in [-0.25, -0.2) is 18.4 Å². The Balaban J connectivity index is 2.20. The van der Waals surface area contributed by atoms with Crippen molar-refractivity contribution in [3.63, 3.8) is 0 Å². The fourth-order valence-electron chi connectivity index (χ4n) is 2.47. The van der Waals surface area contributed by atoms with Gasteiger partial charge in [0, 0.05) is 25.2 Å². The lowest BCUT2D eigenvalue weighted by Crippen LogP contribution is -2.38. The molecule has 1 unspecified atom stereocenters. The van der Waals surface area contributed by atoms with Crippen LogP contribution in [0.1, 0.15) is 36.6 Å². The molecule has 1 aliphatic rings. The van der Waals surface area contributed by atoms with Crippen molar-refractivity contribution in [2.45, 2.75) is 39.3 Å². The van der Waals surface area contributed by atoms with Crippen LogP contribution in [0.3, 0.4) is 0 Å². The number of hydrogen-bond acceptors (Lipinski definition) is 6. The second kappa shape index (κ2) is 6.20. The number of anilines is 1. The summed E-state index contributed by atoms with van der Waals surface area (Å²) in [5.41, 5.74) is 0.280. The van der Waals surface area contributed by atoms with Crippen LogP contribution in [0.4, 0.5) is 5.82 Å². The molecule has 0 saturated carbocycles. The van der Waals surface area contributed by atoms with E-state index in [9.17, 15) is 13.2 Å². The van der Waals surface area contributed by atoms with Gasteiger partial charge in [-0.1, -0.05) is 0 Å². The van der Waals surface area contributed by atoms with Crippen LogP contribution in [0, 0.1) is 6.92 Å². The quantitative estimate of drug-likeness (QED) is 0.882. The van der Waals surface area contributed by atoms with Crippen LogP contribution < -0.4 is 5.32 Å². The molecule has 1 aromatic heterocycles. The molecule has 0 aromatic carbocycles. The third-order valence-electron chi connectivity index (χ3n) is 3.57. The number of aromatic nitrogens is 2. The molecule has 1 amide bonds. The summed E-state index contributed by atoms with van der Waals surface area (Å²) >= 11 is 0. The van der Waals surface area contributed by atoms with Crippen molar-refractivity contribution in [1.82, 2.24) is 14.9 Å². The van der Waals surface area contributed by atoms with Crippen molar-refractivity contribution in [1.29, 1.82) is 0 Å². The van der Waals surface area contributed by atoms with Crippen LogP contribution in [-0.4, -0.2) is 59.8 Å². The van der Waals surface area contributed by atoms with Gasteiger partial charge < -0.3 is 10.2 Å². The second-order valence-electron chi connectivity index (χ2n) is 5.96. The molecule has 0 radical (unpaired) electrons. The highest BCUT2D eigenvalue weighted by atomic mass is 32.2. The summed E-state index contributed by atoms with van der Waals surface area (Å²) in [4.78, 5) is 22.4. The largest absolute Gasteiger partial charge is 0.368 e. The third kappa shape index (κ3) is 3.94. The van der Waals surface area contributed by atoms with Crippen LogP contribution in [0.5, 0.6) is 0 Å². The molecule has 0 aliphatic carbocycles. The number of amides is 1. The first-order chi connectivity index (χ1) is 10.2. The Bertz CT molecular complexity index is 673. The van der Waals surface area contributed by atoms with Gasteiger partial charge in [-0.2, -0.15) is 0 Å². The summed E-state index contributed by atoms with van der Waals surface area (Å²) < 4.78 is 23.1. The summed E-state index contributed by atoms with van der Waals surface area (Å²) in [7, 11) is -1.40. The number of nitrogens with zero attached hydrogens (tertiary/aromatic N) is 3. The van der Waals surface area contributed by atoms with Crippen molar-refractivity contribution < 1.29 is 13.2 Å². The minimum atomic E-state index is -3.03. The lowest BCUT2D eigenvalue weighted by Gasteiger charge is -2.23. The summed E-state index contributed by atoms with van der Waals surface area (Å²) in [5.74, 6) is 0.980. The number of sulfone groups is 1. The monoisotopic (exact) mass is 326 g/mol. The van der Waals surface area contributed by atoms with Crippen molar-refractivity contribution in [3.8, 4) is 0 Å². The van der Waals surface area contributed by atoms with Gasteiger partial charge >= 0.3 is 0 Å².